The third-order valence-electron chi connectivity index (χ3n) is 0.811. The molecule has 0 aliphatic carbocycles. The molecule has 2 nitrogen and oxygen atoms in total. The zero-order chi connectivity index (χ0) is 6.85. The number of hydrogen-bond acceptors (Lipinski definition) is 2. The summed E-state index contributed by atoms with van der Waals surface area (Å²) in [7, 11) is 1.55. The van der Waals surface area contributed by atoms with E-state index < -0.39 is 0 Å². The lowest BCUT2D eigenvalue weighted by atomic mass is 10.6. The van der Waals surface area contributed by atoms with Gasteiger partial charge in [-0.05, 0) is 31.9 Å². The fraction of sp³-hybridized carbons (Fsp3) is 0.200. The van der Waals surface area contributed by atoms with Gasteiger partial charge in [0.1, 0.15) is 4.47 Å². The van der Waals surface area contributed by atoms with Crippen LogP contribution in [0.3, 0.4) is 0 Å². The molecule has 1 aromatic rings. The van der Waals surface area contributed by atoms with Crippen LogP contribution in [-0.4, -0.2) is 7.11 Å². The summed E-state index contributed by atoms with van der Waals surface area (Å²) in [5.41, 5.74) is 0. The number of rotatable bonds is 1. The normalized spacial score (nSPS) is 9.67. The quantitative estimate of drug-likeness (QED) is 0.770. The molecule has 0 bridgehead atoms. The van der Waals surface area contributed by atoms with Crippen molar-refractivity contribution in [3.05, 3.63) is 15.2 Å². The summed E-state index contributed by atoms with van der Waals surface area (Å²) in [6, 6.07) is 1.78. The summed E-state index contributed by atoms with van der Waals surface area (Å²) in [4.78, 5) is 0. The van der Waals surface area contributed by atoms with Crippen LogP contribution in [0.15, 0.2) is 19.6 Å². The average molecular weight is 256 g/mol. The second-order valence-electron chi connectivity index (χ2n) is 1.39. The van der Waals surface area contributed by atoms with E-state index >= 15 is 0 Å². The van der Waals surface area contributed by atoms with Gasteiger partial charge in [-0.15, -0.1) is 0 Å². The van der Waals surface area contributed by atoms with Gasteiger partial charge in [0, 0.05) is 6.07 Å². The van der Waals surface area contributed by atoms with Gasteiger partial charge in [0.25, 0.3) is 5.95 Å². The Kier molecular flexibility index (Phi) is 2.18. The van der Waals surface area contributed by atoms with Crippen LogP contribution in [0.1, 0.15) is 0 Å². The van der Waals surface area contributed by atoms with Crippen LogP contribution < -0.4 is 4.74 Å². The van der Waals surface area contributed by atoms with Crippen molar-refractivity contribution in [3.63, 3.8) is 0 Å². The van der Waals surface area contributed by atoms with E-state index in [-0.39, 0.29) is 0 Å². The highest BCUT2D eigenvalue weighted by atomic mass is 79.9. The number of halogens is 2. The van der Waals surface area contributed by atoms with Gasteiger partial charge in [0.2, 0.25) is 0 Å². The van der Waals surface area contributed by atoms with Crippen LogP contribution >= 0.6 is 31.9 Å². The molecular formula is C5H4Br2O2. The molecule has 1 aromatic heterocycles. The molecule has 1 rings (SSSR count). The minimum Gasteiger partial charge on any atom is -0.468 e. The van der Waals surface area contributed by atoms with Crippen molar-refractivity contribution in [2.75, 3.05) is 7.11 Å². The highest BCUT2D eigenvalue weighted by Crippen LogP contribution is 2.31. The van der Waals surface area contributed by atoms with Crippen LogP contribution in [0.5, 0.6) is 5.95 Å². The Bertz CT molecular complexity index is 207. The molecule has 0 atom stereocenters. The maximum absolute atomic E-state index is 5.01. The van der Waals surface area contributed by atoms with E-state index in [0.29, 0.717) is 10.6 Å². The molecular weight excluding hydrogens is 252 g/mol. The molecule has 1 heterocycles. The minimum atomic E-state index is 0.488. The summed E-state index contributed by atoms with van der Waals surface area (Å²) < 4.78 is 11.3. The van der Waals surface area contributed by atoms with Crippen molar-refractivity contribution in [2.45, 2.75) is 0 Å². The minimum absolute atomic E-state index is 0.488. The van der Waals surface area contributed by atoms with Crippen LogP contribution in [0.2, 0.25) is 0 Å². The highest BCUT2D eigenvalue weighted by molar-refractivity contribution is 9.11. The predicted octanol–water partition coefficient (Wildman–Crippen LogP) is 2.81. The highest BCUT2D eigenvalue weighted by Gasteiger charge is 2.04. The predicted molar refractivity (Wildman–Crippen MR) is 40.7 cm³/mol. The average Bonchev–Trinajstić information content (AvgIpc) is 2.10. The van der Waals surface area contributed by atoms with Crippen molar-refractivity contribution in [1.29, 1.82) is 0 Å². The number of methoxy groups -OCH3 is 1. The first-order valence-corrected chi connectivity index (χ1v) is 3.81. The maximum Gasteiger partial charge on any atom is 0.300 e. The Morgan fingerprint density at radius 2 is 2.22 bits per heavy atom. The molecule has 0 saturated carbocycles. The van der Waals surface area contributed by atoms with Gasteiger partial charge in [-0.1, -0.05) is 0 Å². The zero-order valence-electron chi connectivity index (χ0n) is 4.65. The van der Waals surface area contributed by atoms with E-state index in [9.17, 15) is 0 Å². The zero-order valence-corrected chi connectivity index (χ0v) is 7.82. The lowest BCUT2D eigenvalue weighted by molar-refractivity contribution is 0.296. The van der Waals surface area contributed by atoms with E-state index in [2.05, 4.69) is 31.9 Å². The van der Waals surface area contributed by atoms with Gasteiger partial charge >= 0.3 is 0 Å². The first-order valence-electron chi connectivity index (χ1n) is 2.23. The molecule has 9 heavy (non-hydrogen) atoms. The fourth-order valence-corrected chi connectivity index (χ4v) is 1.60. The Hall–Kier alpha value is 0.0400. The Balaban J connectivity index is 3.01. The number of hydrogen-bond donors (Lipinski definition) is 0. The molecule has 0 aliphatic rings. The van der Waals surface area contributed by atoms with E-state index in [4.69, 9.17) is 9.15 Å². The van der Waals surface area contributed by atoms with Gasteiger partial charge < -0.3 is 9.15 Å². The summed E-state index contributed by atoms with van der Waals surface area (Å²) in [5.74, 6) is 0.488. The third kappa shape index (κ3) is 1.49. The van der Waals surface area contributed by atoms with Crippen molar-refractivity contribution in [2.24, 2.45) is 0 Å². The molecule has 0 aliphatic heterocycles. The van der Waals surface area contributed by atoms with Gasteiger partial charge in [-0.2, -0.15) is 0 Å². The van der Waals surface area contributed by atoms with E-state index in [0.717, 1.165) is 4.47 Å². The molecule has 0 spiro atoms. The summed E-state index contributed by atoms with van der Waals surface area (Å²) >= 11 is 6.38. The van der Waals surface area contributed by atoms with Gasteiger partial charge in [-0.25, -0.2) is 0 Å². The van der Waals surface area contributed by atoms with Crippen molar-refractivity contribution in [1.82, 2.24) is 0 Å². The maximum atomic E-state index is 5.01. The first-order chi connectivity index (χ1) is 4.24. The monoisotopic (exact) mass is 254 g/mol. The lowest BCUT2D eigenvalue weighted by Gasteiger charge is -1.90. The largest absolute Gasteiger partial charge is 0.468 e. The molecule has 0 radical (unpaired) electrons. The van der Waals surface area contributed by atoms with Crippen LogP contribution in [0.25, 0.3) is 0 Å². The molecule has 50 valence electrons. The molecule has 0 unspecified atom stereocenters. The topological polar surface area (TPSA) is 22.4 Å². The molecule has 0 fully saturated rings. The number of furan rings is 1. The summed E-state index contributed by atoms with van der Waals surface area (Å²) in [6.45, 7) is 0. The van der Waals surface area contributed by atoms with Gasteiger partial charge in [0.05, 0.1) is 7.11 Å². The van der Waals surface area contributed by atoms with Crippen LogP contribution in [0.4, 0.5) is 0 Å². The molecule has 4 heteroatoms. The first kappa shape index (κ1) is 7.15. The van der Waals surface area contributed by atoms with E-state index in [1.807, 2.05) is 0 Å². The Morgan fingerprint density at radius 3 is 2.44 bits per heavy atom. The standard InChI is InChI=1S/C5H4Br2O2/c1-8-5-3(6)2-4(7)9-5/h2H,1H3. The van der Waals surface area contributed by atoms with Crippen molar-refractivity contribution < 1.29 is 9.15 Å². The van der Waals surface area contributed by atoms with E-state index in [1.165, 1.54) is 0 Å². The smallest absolute Gasteiger partial charge is 0.300 e. The summed E-state index contributed by atoms with van der Waals surface area (Å²) in [5, 5.41) is 0. The van der Waals surface area contributed by atoms with Crippen LogP contribution in [0, 0.1) is 0 Å². The Labute approximate surface area is 69.4 Å². The van der Waals surface area contributed by atoms with Gasteiger partial charge in [-0.3, -0.25) is 0 Å². The van der Waals surface area contributed by atoms with Gasteiger partial charge in [0.15, 0.2) is 4.67 Å². The molecule has 0 N–H and O–H groups in total. The summed E-state index contributed by atoms with van der Waals surface area (Å²) in [6.07, 6.45) is 0. The Morgan fingerprint density at radius 1 is 1.56 bits per heavy atom. The van der Waals surface area contributed by atoms with Crippen LogP contribution in [-0.2, 0) is 0 Å². The lowest BCUT2D eigenvalue weighted by Crippen LogP contribution is -1.77. The molecule has 0 aromatic carbocycles. The van der Waals surface area contributed by atoms with Crippen molar-refractivity contribution >= 4 is 31.9 Å². The van der Waals surface area contributed by atoms with Crippen molar-refractivity contribution in [3.8, 4) is 5.95 Å². The molecule has 0 amide bonds. The third-order valence-corrected chi connectivity index (χ3v) is 1.75. The van der Waals surface area contributed by atoms with E-state index in [1.54, 1.807) is 13.2 Å². The SMILES string of the molecule is COc1oc(Br)cc1Br. The molecule has 0 saturated heterocycles. The second-order valence-corrected chi connectivity index (χ2v) is 3.03. The fourth-order valence-electron chi connectivity index (χ4n) is 0.464. The number of ether oxygens (including phenoxy) is 1. The second kappa shape index (κ2) is 2.75.